The van der Waals surface area contributed by atoms with E-state index in [1.165, 1.54) is 0 Å². The topological polar surface area (TPSA) is 76.7 Å². The molecule has 42 heavy (non-hydrogen) atoms. The smallest absolute Gasteiger partial charge is 0.255 e. The number of anilines is 2. The lowest BCUT2D eigenvalue weighted by molar-refractivity contribution is 0.101. The summed E-state index contributed by atoms with van der Waals surface area (Å²) in [5.74, 6) is 2.03. The van der Waals surface area contributed by atoms with Gasteiger partial charge in [0.15, 0.2) is 0 Å². The second-order valence-electron chi connectivity index (χ2n) is 11.0. The fraction of sp³-hybridized carbons (Fsp3) is 0.294. The molecule has 0 spiro atoms. The van der Waals surface area contributed by atoms with E-state index in [0.717, 1.165) is 32.6 Å². The number of hydrogen-bond acceptors (Lipinski definition) is 4. The second kappa shape index (κ2) is 14.7. The highest BCUT2D eigenvalue weighted by Gasteiger charge is 2.15. The van der Waals surface area contributed by atoms with E-state index in [9.17, 15) is 9.59 Å². The van der Waals surface area contributed by atoms with E-state index >= 15 is 0 Å². The van der Waals surface area contributed by atoms with E-state index in [2.05, 4.69) is 70.2 Å². The number of hydrogen-bond donors (Lipinski definition) is 2. The molecule has 0 fully saturated rings. The van der Waals surface area contributed by atoms with Crippen LogP contribution >= 0.6 is 31.9 Å². The highest BCUT2D eigenvalue weighted by atomic mass is 79.9. The zero-order chi connectivity index (χ0) is 30.2. The van der Waals surface area contributed by atoms with Crippen molar-refractivity contribution in [2.45, 2.75) is 40.5 Å². The molecule has 4 aromatic rings. The SMILES string of the molecule is CC(C)CCOc1ccc(C(=O)Nc2cccc3c(NC(=O)c4ccc(OCCC(C)C)c(Br)c4)cccc23)cc1Br. The molecule has 6 nitrogen and oxygen atoms in total. The first-order valence-electron chi connectivity index (χ1n) is 14.1. The van der Waals surface area contributed by atoms with Crippen LogP contribution in [0.4, 0.5) is 11.4 Å². The summed E-state index contributed by atoms with van der Waals surface area (Å²) < 4.78 is 13.1. The first-order valence-corrected chi connectivity index (χ1v) is 15.7. The molecule has 4 aromatic carbocycles. The van der Waals surface area contributed by atoms with Crippen molar-refractivity contribution < 1.29 is 19.1 Å². The van der Waals surface area contributed by atoms with E-state index in [0.29, 0.717) is 59.1 Å². The molecule has 0 aliphatic rings. The lowest BCUT2D eigenvalue weighted by Crippen LogP contribution is -2.14. The van der Waals surface area contributed by atoms with E-state index in [1.807, 2.05) is 36.4 Å². The zero-order valence-corrected chi connectivity index (χ0v) is 27.5. The molecule has 0 radical (unpaired) electrons. The molecule has 0 unspecified atom stereocenters. The van der Waals surface area contributed by atoms with Crippen LogP contribution in [0.5, 0.6) is 11.5 Å². The summed E-state index contributed by atoms with van der Waals surface area (Å²) >= 11 is 7.06. The highest BCUT2D eigenvalue weighted by molar-refractivity contribution is 9.10. The molecule has 0 bridgehead atoms. The fourth-order valence-electron chi connectivity index (χ4n) is 4.24. The van der Waals surface area contributed by atoms with Crippen LogP contribution in [-0.4, -0.2) is 25.0 Å². The van der Waals surface area contributed by atoms with Crippen LogP contribution in [0.1, 0.15) is 61.3 Å². The molecule has 0 saturated heterocycles. The fourth-order valence-corrected chi connectivity index (χ4v) is 5.23. The number of ether oxygens (including phenoxy) is 2. The molecule has 2 N–H and O–H groups in total. The molecule has 0 aliphatic carbocycles. The molecule has 220 valence electrons. The van der Waals surface area contributed by atoms with Gasteiger partial charge in [-0.15, -0.1) is 0 Å². The molecule has 0 atom stereocenters. The van der Waals surface area contributed by atoms with Crippen molar-refractivity contribution in [1.29, 1.82) is 0 Å². The third-order valence-electron chi connectivity index (χ3n) is 6.71. The van der Waals surface area contributed by atoms with Gasteiger partial charge in [0.25, 0.3) is 11.8 Å². The van der Waals surface area contributed by atoms with Gasteiger partial charge in [0.05, 0.1) is 22.2 Å². The number of rotatable bonds is 12. The van der Waals surface area contributed by atoms with E-state index in [4.69, 9.17) is 9.47 Å². The summed E-state index contributed by atoms with van der Waals surface area (Å²) in [5, 5.41) is 7.67. The molecular weight excluding hydrogens is 660 g/mol. The maximum absolute atomic E-state index is 13.2. The lowest BCUT2D eigenvalue weighted by atomic mass is 10.1. The van der Waals surface area contributed by atoms with Crippen molar-refractivity contribution in [3.63, 3.8) is 0 Å². The number of fused-ring (bicyclic) bond motifs is 1. The molecule has 4 rings (SSSR count). The summed E-state index contributed by atoms with van der Waals surface area (Å²) in [6.07, 6.45) is 1.91. The summed E-state index contributed by atoms with van der Waals surface area (Å²) in [7, 11) is 0. The minimum absolute atomic E-state index is 0.244. The van der Waals surface area contributed by atoms with Crippen LogP contribution in [-0.2, 0) is 0 Å². The van der Waals surface area contributed by atoms with Gasteiger partial charge in [-0.1, -0.05) is 52.0 Å². The largest absolute Gasteiger partial charge is 0.492 e. The summed E-state index contributed by atoms with van der Waals surface area (Å²) in [6.45, 7) is 9.84. The van der Waals surface area contributed by atoms with Crippen LogP contribution in [0.25, 0.3) is 10.8 Å². The normalized spacial score (nSPS) is 11.1. The number of amides is 2. The monoisotopic (exact) mass is 694 g/mol. The van der Waals surface area contributed by atoms with Gasteiger partial charge in [-0.05, 0) is 105 Å². The molecule has 0 saturated carbocycles. The first kappa shape index (κ1) is 31.6. The van der Waals surface area contributed by atoms with Crippen molar-refractivity contribution in [3.05, 3.63) is 92.9 Å². The van der Waals surface area contributed by atoms with Crippen LogP contribution in [0.3, 0.4) is 0 Å². The van der Waals surface area contributed by atoms with Crippen LogP contribution < -0.4 is 20.1 Å². The van der Waals surface area contributed by atoms with Gasteiger partial charge < -0.3 is 20.1 Å². The Morgan fingerprint density at radius 3 is 1.40 bits per heavy atom. The Balaban J connectivity index is 1.47. The van der Waals surface area contributed by atoms with Gasteiger partial charge in [-0.3, -0.25) is 9.59 Å². The number of halogens is 2. The Kier molecular flexibility index (Phi) is 11.0. The minimum Gasteiger partial charge on any atom is -0.492 e. The molecule has 0 aromatic heterocycles. The lowest BCUT2D eigenvalue weighted by Gasteiger charge is -2.14. The highest BCUT2D eigenvalue weighted by Crippen LogP contribution is 2.32. The van der Waals surface area contributed by atoms with Gasteiger partial charge in [-0.2, -0.15) is 0 Å². The molecular formula is C34H36Br2N2O4. The molecule has 0 heterocycles. The van der Waals surface area contributed by atoms with Crippen molar-refractivity contribution in [2.24, 2.45) is 11.8 Å². The van der Waals surface area contributed by atoms with Gasteiger partial charge in [0.2, 0.25) is 0 Å². The maximum atomic E-state index is 13.2. The van der Waals surface area contributed by atoms with Gasteiger partial charge in [0.1, 0.15) is 11.5 Å². The molecule has 0 aliphatic heterocycles. The predicted octanol–water partition coefficient (Wildman–Crippen LogP) is 9.72. The standard InChI is InChI=1S/C34H36Br2N2O4/c1-21(2)15-17-41-31-13-11-23(19-27(31)35)33(39)37-29-9-5-8-26-25(29)7-6-10-30(26)38-34(40)24-12-14-32(28(36)20-24)42-18-16-22(3)4/h5-14,19-22H,15-18H2,1-4H3,(H,37,39)(H,38,40). The second-order valence-corrected chi connectivity index (χ2v) is 12.7. The maximum Gasteiger partial charge on any atom is 0.255 e. The Bertz CT molecular complexity index is 1450. The van der Waals surface area contributed by atoms with Gasteiger partial charge in [-0.25, -0.2) is 0 Å². The quantitative estimate of drug-likeness (QED) is 0.155. The average molecular weight is 696 g/mol. The third kappa shape index (κ3) is 8.35. The summed E-state index contributed by atoms with van der Waals surface area (Å²) in [4.78, 5) is 26.3. The van der Waals surface area contributed by atoms with E-state index in [1.54, 1.807) is 36.4 Å². The van der Waals surface area contributed by atoms with Crippen molar-refractivity contribution in [3.8, 4) is 11.5 Å². The third-order valence-corrected chi connectivity index (χ3v) is 7.95. The van der Waals surface area contributed by atoms with Gasteiger partial charge in [0, 0.05) is 33.3 Å². The van der Waals surface area contributed by atoms with Gasteiger partial charge >= 0.3 is 0 Å². The average Bonchev–Trinajstić information content (AvgIpc) is 2.94. The van der Waals surface area contributed by atoms with Crippen LogP contribution in [0.15, 0.2) is 81.7 Å². The zero-order valence-electron chi connectivity index (χ0n) is 24.3. The predicted molar refractivity (Wildman–Crippen MR) is 178 cm³/mol. The number of carbonyl (C=O) groups excluding carboxylic acids is 2. The summed E-state index contributed by atoms with van der Waals surface area (Å²) in [6, 6.07) is 21.9. The molecule has 2 amide bonds. The Labute approximate surface area is 264 Å². The Morgan fingerprint density at radius 2 is 1.05 bits per heavy atom. The van der Waals surface area contributed by atoms with Crippen LogP contribution in [0.2, 0.25) is 0 Å². The number of carbonyl (C=O) groups is 2. The number of benzene rings is 4. The van der Waals surface area contributed by atoms with Crippen LogP contribution in [0, 0.1) is 11.8 Å². The van der Waals surface area contributed by atoms with Crippen molar-refractivity contribution in [2.75, 3.05) is 23.8 Å². The van der Waals surface area contributed by atoms with Crippen molar-refractivity contribution in [1.82, 2.24) is 0 Å². The minimum atomic E-state index is -0.244. The first-order chi connectivity index (χ1) is 20.1. The molecule has 8 heteroatoms. The number of nitrogens with one attached hydrogen (secondary N) is 2. The van der Waals surface area contributed by atoms with E-state index < -0.39 is 0 Å². The summed E-state index contributed by atoms with van der Waals surface area (Å²) in [5.41, 5.74) is 2.30. The van der Waals surface area contributed by atoms with E-state index in [-0.39, 0.29) is 11.8 Å². The van der Waals surface area contributed by atoms with Crippen molar-refractivity contribution >= 4 is 65.8 Å². The Morgan fingerprint density at radius 1 is 0.643 bits per heavy atom. The Hall–Kier alpha value is -3.36.